The van der Waals surface area contributed by atoms with E-state index in [4.69, 9.17) is 9.47 Å². The zero-order valence-electron chi connectivity index (χ0n) is 5.81. The van der Waals surface area contributed by atoms with Crippen molar-refractivity contribution in [2.24, 2.45) is 0 Å². The Hall–Kier alpha value is -1.40. The predicted octanol–water partition coefficient (Wildman–Crippen LogP) is 1.21. The second-order valence-corrected chi connectivity index (χ2v) is 1.93. The highest BCUT2D eigenvalue weighted by Gasteiger charge is 1.57. The van der Waals surface area contributed by atoms with E-state index in [-0.39, 0.29) is 11.3 Å². The Balaban J connectivity index is 0.000000187. The molecule has 0 aliphatic carbocycles. The summed E-state index contributed by atoms with van der Waals surface area (Å²) in [6.45, 7) is 0. The molecule has 56 valence electrons. The van der Waals surface area contributed by atoms with E-state index in [2.05, 4.69) is 0 Å². The topological polar surface area (TPSA) is 40.9 Å². The quantitative estimate of drug-likeness (QED) is 0.542. The normalized spacial score (nSPS) is 6.45. The molecule has 0 aliphatic heterocycles. The lowest BCUT2D eigenvalue weighted by Gasteiger charge is -1.69. The highest BCUT2D eigenvalue weighted by Crippen LogP contribution is 1.79. The first kappa shape index (κ1) is 9.60. The van der Waals surface area contributed by atoms with Crippen molar-refractivity contribution in [3.8, 4) is 6.07 Å². The molecule has 0 atom stereocenters. The molecule has 0 aliphatic rings. The Morgan fingerprint density at radius 1 is 1.09 bits per heavy atom. The van der Waals surface area contributed by atoms with Crippen LogP contribution in [0, 0.1) is 11.3 Å². The molecule has 1 aromatic rings. The standard InChI is InChI=1S/C6H6.C2HNOS/c1-2-4-6-5-3-1;3-1-2-5-4/h1-6H;2H. The Kier molecular flexibility index (Phi) is 7.51. The van der Waals surface area contributed by atoms with Gasteiger partial charge in [0.15, 0.2) is 0 Å². The van der Waals surface area contributed by atoms with Crippen LogP contribution in [0.5, 0.6) is 0 Å². The van der Waals surface area contributed by atoms with Gasteiger partial charge in [-0.05, 0) is 0 Å². The zero-order valence-corrected chi connectivity index (χ0v) is 6.62. The van der Waals surface area contributed by atoms with Crippen molar-refractivity contribution in [3.63, 3.8) is 0 Å². The van der Waals surface area contributed by atoms with Gasteiger partial charge in [-0.1, -0.05) is 36.4 Å². The Bertz CT molecular complexity index is 232. The maximum atomic E-state index is 9.17. The molecule has 2 nitrogen and oxygen atoms in total. The second kappa shape index (κ2) is 8.60. The molecule has 0 amide bonds. The van der Waals surface area contributed by atoms with Crippen LogP contribution in [-0.2, 0) is 11.3 Å². The molecule has 0 N–H and O–H groups in total. The lowest BCUT2D eigenvalue weighted by molar-refractivity contribution is 0.701. The third-order valence-electron chi connectivity index (χ3n) is 0.767. The molecule has 1 rings (SSSR count). The summed E-state index contributed by atoms with van der Waals surface area (Å²) in [5, 5.41) is 8.46. The monoisotopic (exact) mass is 165 g/mol. The van der Waals surface area contributed by atoms with E-state index in [1.165, 1.54) is 0 Å². The summed E-state index contributed by atoms with van der Waals surface area (Å²) in [6, 6.07) is 13.5. The number of hydrogen-bond acceptors (Lipinski definition) is 2. The van der Waals surface area contributed by atoms with Crippen molar-refractivity contribution in [1.29, 1.82) is 5.26 Å². The summed E-state index contributed by atoms with van der Waals surface area (Å²) in [5.74, 6) is 0. The summed E-state index contributed by atoms with van der Waals surface area (Å²) in [4.78, 5) is 0. The molecule has 0 bridgehead atoms. The van der Waals surface area contributed by atoms with Gasteiger partial charge in [0.05, 0.1) is 11.3 Å². The van der Waals surface area contributed by atoms with Crippen LogP contribution < -0.4 is 0 Å². The summed E-state index contributed by atoms with van der Waals surface area (Å²) in [5.41, 5.74) is 0. The molecule has 3 heteroatoms. The van der Waals surface area contributed by atoms with Crippen molar-refractivity contribution >= 4 is 16.6 Å². The highest BCUT2D eigenvalue weighted by molar-refractivity contribution is 7.65. The predicted molar refractivity (Wildman–Crippen MR) is 46.3 cm³/mol. The molecule has 0 fully saturated rings. The number of hydrogen-bond donors (Lipinski definition) is 0. The van der Waals surface area contributed by atoms with Crippen LogP contribution >= 0.6 is 0 Å². The van der Waals surface area contributed by atoms with Gasteiger partial charge in [-0.15, -0.1) is 0 Å². The summed E-state index contributed by atoms with van der Waals surface area (Å²) in [6.07, 6.45) is 0. The van der Waals surface area contributed by atoms with E-state index in [9.17, 15) is 0 Å². The van der Waals surface area contributed by atoms with E-state index in [0.29, 0.717) is 0 Å². The number of rotatable bonds is 0. The van der Waals surface area contributed by atoms with E-state index in [0.717, 1.165) is 5.37 Å². The molecule has 0 aromatic heterocycles. The molecule has 0 radical (unpaired) electrons. The van der Waals surface area contributed by atoms with Gasteiger partial charge >= 0.3 is 0 Å². The summed E-state index contributed by atoms with van der Waals surface area (Å²) >= 11 is 0.166. The average molecular weight is 165 g/mol. The van der Waals surface area contributed by atoms with Crippen LogP contribution in [0.2, 0.25) is 0 Å². The molecule has 0 saturated carbocycles. The van der Waals surface area contributed by atoms with Gasteiger partial charge < -0.3 is 0 Å². The molecule has 0 spiro atoms. The summed E-state index contributed by atoms with van der Waals surface area (Å²) in [7, 11) is 0. The van der Waals surface area contributed by atoms with Crippen LogP contribution in [0.25, 0.3) is 0 Å². The van der Waals surface area contributed by atoms with Gasteiger partial charge in [0.25, 0.3) is 0 Å². The first-order chi connectivity index (χ1) is 5.41. The van der Waals surface area contributed by atoms with Crippen molar-refractivity contribution in [2.45, 2.75) is 0 Å². The first-order valence-electron chi connectivity index (χ1n) is 2.91. The molecular formula is C8H7NOS. The van der Waals surface area contributed by atoms with Crippen LogP contribution in [0.1, 0.15) is 0 Å². The van der Waals surface area contributed by atoms with Gasteiger partial charge in [-0.25, -0.2) is 4.21 Å². The van der Waals surface area contributed by atoms with Crippen molar-refractivity contribution < 1.29 is 4.21 Å². The largest absolute Gasteiger partial charge is 0.212 e. The summed E-state index contributed by atoms with van der Waals surface area (Å²) < 4.78 is 9.17. The fourth-order valence-electron chi connectivity index (χ4n) is 0.406. The molecule has 0 unspecified atom stereocenters. The Morgan fingerprint density at radius 2 is 1.45 bits per heavy atom. The van der Waals surface area contributed by atoms with Gasteiger partial charge in [0, 0.05) is 0 Å². The molecule has 0 heterocycles. The van der Waals surface area contributed by atoms with Crippen LogP contribution in [0.3, 0.4) is 0 Å². The van der Waals surface area contributed by atoms with Crippen molar-refractivity contribution in [2.75, 3.05) is 0 Å². The molecule has 11 heavy (non-hydrogen) atoms. The fourth-order valence-corrected chi connectivity index (χ4v) is 0.449. The minimum atomic E-state index is 0.166. The van der Waals surface area contributed by atoms with Gasteiger partial charge in [0.2, 0.25) is 0 Å². The third-order valence-corrected chi connectivity index (χ3v) is 0.969. The maximum Gasteiger partial charge on any atom is 0.109 e. The van der Waals surface area contributed by atoms with Gasteiger partial charge in [-0.2, -0.15) is 5.26 Å². The minimum Gasteiger partial charge on any atom is -0.212 e. The Labute approximate surface area is 69.2 Å². The molecule has 1 aromatic carbocycles. The minimum absolute atomic E-state index is 0.166. The SMILES string of the molecule is N#CC=S=O.c1ccccc1. The smallest absolute Gasteiger partial charge is 0.109 e. The number of nitriles is 1. The average Bonchev–Trinajstić information content (AvgIpc) is 2.10. The Morgan fingerprint density at radius 3 is 1.55 bits per heavy atom. The van der Waals surface area contributed by atoms with Crippen LogP contribution in [0.15, 0.2) is 36.4 Å². The third kappa shape index (κ3) is 8.60. The molecular weight excluding hydrogens is 158 g/mol. The van der Waals surface area contributed by atoms with E-state index in [1.54, 1.807) is 6.07 Å². The fraction of sp³-hybridized carbons (Fsp3) is 0. The van der Waals surface area contributed by atoms with Crippen molar-refractivity contribution in [1.82, 2.24) is 0 Å². The second-order valence-electron chi connectivity index (χ2n) is 1.50. The lowest BCUT2D eigenvalue weighted by Crippen LogP contribution is -1.51. The van der Waals surface area contributed by atoms with Crippen LogP contribution in [-0.4, -0.2) is 9.58 Å². The lowest BCUT2D eigenvalue weighted by atomic mass is 10.4. The van der Waals surface area contributed by atoms with E-state index in [1.807, 2.05) is 36.4 Å². The van der Waals surface area contributed by atoms with E-state index >= 15 is 0 Å². The highest BCUT2D eigenvalue weighted by atomic mass is 32.1. The van der Waals surface area contributed by atoms with E-state index < -0.39 is 0 Å². The van der Waals surface area contributed by atoms with Gasteiger partial charge in [-0.3, -0.25) is 0 Å². The number of nitrogens with zero attached hydrogens (tertiary/aromatic N) is 1. The zero-order chi connectivity index (χ0) is 8.36. The first-order valence-corrected chi connectivity index (χ1v) is 3.72. The molecule has 0 saturated heterocycles. The maximum absolute atomic E-state index is 9.17. The van der Waals surface area contributed by atoms with Crippen LogP contribution in [0.4, 0.5) is 0 Å². The number of benzene rings is 1. The van der Waals surface area contributed by atoms with Gasteiger partial charge in [0.1, 0.15) is 11.4 Å². The van der Waals surface area contributed by atoms with Crippen molar-refractivity contribution in [3.05, 3.63) is 36.4 Å².